The number of hydrogen-bond donors (Lipinski definition) is 3. The topological polar surface area (TPSA) is 102 Å². The average Bonchev–Trinajstić information content (AvgIpc) is 2.57. The quantitative estimate of drug-likeness (QED) is 0.563. The molecule has 0 radical (unpaired) electrons. The molecule has 6 heteroatoms. The second-order valence-electron chi connectivity index (χ2n) is 5.93. The number of nitrogens with one attached hydrogen (secondary N) is 2. The predicted octanol–water partition coefficient (Wildman–Crippen LogP) is 3.77. The van der Waals surface area contributed by atoms with Crippen molar-refractivity contribution in [2.75, 3.05) is 10.6 Å². The lowest BCUT2D eigenvalue weighted by molar-refractivity contribution is -0.112. The Morgan fingerprint density at radius 2 is 1.77 bits per heavy atom. The fraction of sp³-hybridized carbons (Fsp3) is 0.150. The number of carbonyl (C=O) groups excluding carboxylic acids is 1. The number of nitriles is 1. The fourth-order valence-corrected chi connectivity index (χ4v) is 2.63. The highest BCUT2D eigenvalue weighted by atomic mass is 16.4. The van der Waals surface area contributed by atoms with E-state index in [1.807, 2.05) is 39.0 Å². The number of carboxylic acids is 1. The first kappa shape index (κ1) is 18.7. The minimum atomic E-state index is -1.09. The van der Waals surface area contributed by atoms with Crippen molar-refractivity contribution >= 4 is 23.3 Å². The van der Waals surface area contributed by atoms with Crippen LogP contribution in [0.5, 0.6) is 0 Å². The molecule has 0 unspecified atom stereocenters. The molecule has 2 aromatic rings. The highest BCUT2D eigenvalue weighted by Crippen LogP contribution is 2.22. The summed E-state index contributed by atoms with van der Waals surface area (Å²) in [4.78, 5) is 23.3. The number of benzene rings is 2. The first-order valence-corrected chi connectivity index (χ1v) is 7.91. The molecule has 2 rings (SSSR count). The Kier molecular flexibility index (Phi) is 5.76. The number of amides is 1. The van der Waals surface area contributed by atoms with Crippen LogP contribution in [0.2, 0.25) is 0 Å². The summed E-state index contributed by atoms with van der Waals surface area (Å²) in [5.74, 6) is -1.71. The van der Waals surface area contributed by atoms with Gasteiger partial charge in [0.2, 0.25) is 0 Å². The number of nitrogens with zero attached hydrogens (tertiary/aromatic N) is 1. The van der Waals surface area contributed by atoms with Gasteiger partial charge in [-0.25, -0.2) is 4.79 Å². The van der Waals surface area contributed by atoms with Gasteiger partial charge in [0.05, 0.1) is 5.56 Å². The van der Waals surface area contributed by atoms with Gasteiger partial charge in [-0.1, -0.05) is 23.8 Å². The summed E-state index contributed by atoms with van der Waals surface area (Å²) >= 11 is 0. The highest BCUT2D eigenvalue weighted by Gasteiger charge is 2.11. The smallest absolute Gasteiger partial charge is 0.335 e. The number of carbonyl (C=O) groups is 2. The van der Waals surface area contributed by atoms with E-state index in [9.17, 15) is 14.9 Å². The standard InChI is InChI=1S/C20H19N3O3/c1-12-7-13(2)18(14(3)8-12)22-11-16(10-21)19(24)23-17-6-4-5-15(9-17)20(25)26/h4-9,11,22H,1-3H3,(H,23,24)(H,25,26)/b16-11-. The van der Waals surface area contributed by atoms with Gasteiger partial charge in [0.1, 0.15) is 11.6 Å². The van der Waals surface area contributed by atoms with E-state index in [0.717, 1.165) is 22.4 Å². The van der Waals surface area contributed by atoms with Gasteiger partial charge in [-0.3, -0.25) is 4.79 Å². The van der Waals surface area contributed by atoms with Crippen LogP contribution in [-0.4, -0.2) is 17.0 Å². The largest absolute Gasteiger partial charge is 0.478 e. The normalized spacial score (nSPS) is 10.8. The summed E-state index contributed by atoms with van der Waals surface area (Å²) in [6.45, 7) is 5.89. The maximum Gasteiger partial charge on any atom is 0.335 e. The third-order valence-electron chi connectivity index (χ3n) is 3.77. The maximum atomic E-state index is 12.3. The van der Waals surface area contributed by atoms with Crippen molar-refractivity contribution in [1.29, 1.82) is 5.26 Å². The van der Waals surface area contributed by atoms with Crippen molar-refractivity contribution in [2.45, 2.75) is 20.8 Å². The van der Waals surface area contributed by atoms with E-state index < -0.39 is 11.9 Å². The summed E-state index contributed by atoms with van der Waals surface area (Å²) in [7, 11) is 0. The molecule has 0 aliphatic carbocycles. The molecule has 0 saturated heterocycles. The van der Waals surface area contributed by atoms with E-state index in [0.29, 0.717) is 5.69 Å². The second-order valence-corrected chi connectivity index (χ2v) is 5.93. The van der Waals surface area contributed by atoms with Gasteiger partial charge < -0.3 is 15.7 Å². The third-order valence-corrected chi connectivity index (χ3v) is 3.77. The van der Waals surface area contributed by atoms with E-state index in [4.69, 9.17) is 5.11 Å². The van der Waals surface area contributed by atoms with E-state index in [1.54, 1.807) is 6.07 Å². The van der Waals surface area contributed by atoms with Crippen LogP contribution in [0, 0.1) is 32.1 Å². The molecule has 2 aromatic carbocycles. The van der Waals surface area contributed by atoms with Crippen molar-refractivity contribution in [3.05, 3.63) is 70.4 Å². The van der Waals surface area contributed by atoms with Gasteiger partial charge >= 0.3 is 5.97 Å². The minimum Gasteiger partial charge on any atom is -0.478 e. The number of rotatable bonds is 5. The van der Waals surface area contributed by atoms with Gasteiger partial charge in [-0.2, -0.15) is 5.26 Å². The van der Waals surface area contributed by atoms with Gasteiger partial charge in [0.25, 0.3) is 5.91 Å². The molecule has 132 valence electrons. The van der Waals surface area contributed by atoms with E-state index in [1.165, 1.54) is 24.4 Å². The zero-order valence-electron chi connectivity index (χ0n) is 14.8. The summed E-state index contributed by atoms with van der Waals surface area (Å²) in [5.41, 5.74) is 4.21. The molecular weight excluding hydrogens is 330 g/mol. The molecular formula is C20H19N3O3. The molecule has 0 aliphatic rings. The zero-order valence-corrected chi connectivity index (χ0v) is 14.8. The highest BCUT2D eigenvalue weighted by molar-refractivity contribution is 6.07. The molecule has 0 aliphatic heterocycles. The number of aromatic carboxylic acids is 1. The average molecular weight is 349 g/mol. The Balaban J connectivity index is 2.19. The first-order valence-electron chi connectivity index (χ1n) is 7.91. The Bertz CT molecular complexity index is 917. The van der Waals surface area contributed by atoms with Crippen molar-refractivity contribution in [3.63, 3.8) is 0 Å². The molecule has 0 atom stereocenters. The van der Waals surface area contributed by atoms with Crippen LogP contribution < -0.4 is 10.6 Å². The lowest BCUT2D eigenvalue weighted by Crippen LogP contribution is -2.15. The van der Waals surface area contributed by atoms with Crippen LogP contribution in [0.25, 0.3) is 0 Å². The van der Waals surface area contributed by atoms with Crippen LogP contribution >= 0.6 is 0 Å². The maximum absolute atomic E-state index is 12.3. The van der Waals surface area contributed by atoms with Crippen LogP contribution in [0.3, 0.4) is 0 Å². The van der Waals surface area contributed by atoms with Crippen molar-refractivity contribution in [2.24, 2.45) is 0 Å². The Morgan fingerprint density at radius 3 is 2.35 bits per heavy atom. The van der Waals surface area contributed by atoms with Crippen molar-refractivity contribution in [1.82, 2.24) is 0 Å². The Hall–Kier alpha value is -3.59. The number of anilines is 2. The Labute approximate surface area is 151 Å². The van der Waals surface area contributed by atoms with Crippen molar-refractivity contribution < 1.29 is 14.7 Å². The van der Waals surface area contributed by atoms with Gasteiger partial charge in [-0.05, 0) is 50.1 Å². The summed E-state index contributed by atoms with van der Waals surface area (Å²) < 4.78 is 0. The van der Waals surface area contributed by atoms with Gasteiger partial charge in [-0.15, -0.1) is 0 Å². The fourth-order valence-electron chi connectivity index (χ4n) is 2.63. The second kappa shape index (κ2) is 7.99. The van der Waals surface area contributed by atoms with Crippen LogP contribution in [0.4, 0.5) is 11.4 Å². The molecule has 26 heavy (non-hydrogen) atoms. The molecule has 0 aromatic heterocycles. The van der Waals surface area contributed by atoms with E-state index in [-0.39, 0.29) is 11.1 Å². The lowest BCUT2D eigenvalue weighted by atomic mass is 10.1. The molecule has 0 spiro atoms. The molecule has 6 nitrogen and oxygen atoms in total. The molecule has 0 fully saturated rings. The number of carboxylic acid groups (broad SMARTS) is 1. The molecule has 3 N–H and O–H groups in total. The summed E-state index contributed by atoms with van der Waals surface area (Å²) in [6, 6.07) is 11.7. The molecule has 0 heterocycles. The van der Waals surface area contributed by atoms with Gasteiger partial charge in [0.15, 0.2) is 0 Å². The van der Waals surface area contributed by atoms with Crippen molar-refractivity contribution in [3.8, 4) is 6.07 Å². The first-order chi connectivity index (χ1) is 12.3. The minimum absolute atomic E-state index is 0.0503. The predicted molar refractivity (Wildman–Crippen MR) is 100 cm³/mol. The van der Waals surface area contributed by atoms with Crippen LogP contribution in [0.1, 0.15) is 27.0 Å². The van der Waals surface area contributed by atoms with Gasteiger partial charge in [0, 0.05) is 17.6 Å². The third kappa shape index (κ3) is 4.48. The van der Waals surface area contributed by atoms with Crippen LogP contribution in [-0.2, 0) is 4.79 Å². The Morgan fingerprint density at radius 1 is 1.12 bits per heavy atom. The van der Waals surface area contributed by atoms with E-state index in [2.05, 4.69) is 10.6 Å². The number of hydrogen-bond acceptors (Lipinski definition) is 4. The molecule has 0 saturated carbocycles. The monoisotopic (exact) mass is 349 g/mol. The SMILES string of the molecule is Cc1cc(C)c(N/C=C(/C#N)C(=O)Nc2cccc(C(=O)O)c2)c(C)c1. The molecule has 0 bridgehead atoms. The summed E-state index contributed by atoms with van der Waals surface area (Å²) in [5, 5.41) is 23.8. The van der Waals surface area contributed by atoms with Crippen LogP contribution in [0.15, 0.2) is 48.2 Å². The molecule has 1 amide bonds. The summed E-state index contributed by atoms with van der Waals surface area (Å²) in [6.07, 6.45) is 1.35. The number of aryl methyl sites for hydroxylation is 3. The van der Waals surface area contributed by atoms with E-state index >= 15 is 0 Å². The lowest BCUT2D eigenvalue weighted by Gasteiger charge is -2.11. The zero-order chi connectivity index (χ0) is 19.3.